The van der Waals surface area contributed by atoms with Gasteiger partial charge in [-0.2, -0.15) is 0 Å². The zero-order chi connectivity index (χ0) is 13.0. The Bertz CT molecular complexity index is 492. The summed E-state index contributed by atoms with van der Waals surface area (Å²) in [7, 11) is 1.88. The van der Waals surface area contributed by atoms with Gasteiger partial charge >= 0.3 is 0 Å². The van der Waals surface area contributed by atoms with Gasteiger partial charge < -0.3 is 5.32 Å². The summed E-state index contributed by atoms with van der Waals surface area (Å²) in [5.41, 5.74) is 2.26. The fourth-order valence-electron chi connectivity index (χ4n) is 1.90. The van der Waals surface area contributed by atoms with Crippen LogP contribution in [-0.2, 0) is 13.6 Å². The molecular weight excluding hydrogens is 292 g/mol. The molecule has 1 aromatic heterocycles. The van der Waals surface area contributed by atoms with E-state index in [0.717, 1.165) is 23.1 Å². The van der Waals surface area contributed by atoms with E-state index in [0.29, 0.717) is 6.04 Å². The molecule has 1 aromatic carbocycles. The van der Waals surface area contributed by atoms with Crippen LogP contribution in [0.25, 0.3) is 0 Å². The molecule has 0 aliphatic carbocycles. The van der Waals surface area contributed by atoms with Crippen molar-refractivity contribution in [1.29, 1.82) is 0 Å². The Kier molecular flexibility index (Phi) is 4.49. The van der Waals surface area contributed by atoms with Gasteiger partial charge in [-0.1, -0.05) is 40.2 Å². The van der Waals surface area contributed by atoms with Crippen molar-refractivity contribution in [1.82, 2.24) is 20.3 Å². The highest BCUT2D eigenvalue weighted by molar-refractivity contribution is 9.10. The second-order valence-corrected chi connectivity index (χ2v) is 5.19. The molecule has 1 N–H and O–H groups in total. The second kappa shape index (κ2) is 6.11. The van der Waals surface area contributed by atoms with Crippen LogP contribution in [0.15, 0.2) is 34.9 Å². The van der Waals surface area contributed by atoms with E-state index in [1.165, 1.54) is 5.56 Å². The van der Waals surface area contributed by atoms with Gasteiger partial charge in [0, 0.05) is 30.3 Å². The Hall–Kier alpha value is -1.20. The Morgan fingerprint density at radius 1 is 1.33 bits per heavy atom. The van der Waals surface area contributed by atoms with Crippen molar-refractivity contribution in [3.63, 3.8) is 0 Å². The number of hydrogen-bond donors (Lipinski definition) is 1. The van der Waals surface area contributed by atoms with E-state index in [1.54, 1.807) is 4.68 Å². The fraction of sp³-hybridized carbons (Fsp3) is 0.385. The maximum absolute atomic E-state index is 4.07. The molecule has 5 heteroatoms. The first-order valence-electron chi connectivity index (χ1n) is 6.03. The Labute approximate surface area is 116 Å². The minimum absolute atomic E-state index is 0.347. The molecule has 96 valence electrons. The molecule has 0 bridgehead atoms. The van der Waals surface area contributed by atoms with Crippen LogP contribution in [0.1, 0.15) is 30.6 Å². The Morgan fingerprint density at radius 2 is 2.06 bits per heavy atom. The lowest BCUT2D eigenvalue weighted by Crippen LogP contribution is -2.20. The number of nitrogens with zero attached hydrogens (tertiary/aromatic N) is 3. The SMILES string of the molecule is CCC(NCc1cn(C)nn1)c1ccc(Br)cc1. The fourth-order valence-corrected chi connectivity index (χ4v) is 2.16. The first-order chi connectivity index (χ1) is 8.69. The average molecular weight is 309 g/mol. The molecule has 1 heterocycles. The zero-order valence-corrected chi connectivity index (χ0v) is 12.2. The van der Waals surface area contributed by atoms with Gasteiger partial charge in [0.1, 0.15) is 0 Å². The third-order valence-corrected chi connectivity index (χ3v) is 3.39. The smallest absolute Gasteiger partial charge is 0.0964 e. The van der Waals surface area contributed by atoms with Gasteiger partial charge in [-0.15, -0.1) is 5.10 Å². The monoisotopic (exact) mass is 308 g/mol. The lowest BCUT2D eigenvalue weighted by Gasteiger charge is -2.16. The molecule has 0 spiro atoms. The largest absolute Gasteiger partial charge is 0.304 e. The molecule has 0 amide bonds. The lowest BCUT2D eigenvalue weighted by atomic mass is 10.0. The maximum atomic E-state index is 4.07. The van der Waals surface area contributed by atoms with Gasteiger partial charge in [0.15, 0.2) is 0 Å². The topological polar surface area (TPSA) is 42.7 Å². The average Bonchev–Trinajstić information content (AvgIpc) is 2.78. The number of rotatable bonds is 5. The Balaban J connectivity index is 1.99. The highest BCUT2D eigenvalue weighted by Gasteiger charge is 2.09. The number of benzene rings is 1. The Morgan fingerprint density at radius 3 is 2.61 bits per heavy atom. The van der Waals surface area contributed by atoms with Crippen molar-refractivity contribution in [2.24, 2.45) is 7.05 Å². The molecule has 0 saturated carbocycles. The highest BCUT2D eigenvalue weighted by Crippen LogP contribution is 2.19. The molecule has 0 fully saturated rings. The summed E-state index contributed by atoms with van der Waals surface area (Å²) >= 11 is 3.45. The van der Waals surface area contributed by atoms with Crippen molar-refractivity contribution >= 4 is 15.9 Å². The summed E-state index contributed by atoms with van der Waals surface area (Å²) in [6, 6.07) is 8.77. The summed E-state index contributed by atoms with van der Waals surface area (Å²) in [4.78, 5) is 0. The van der Waals surface area contributed by atoms with E-state index >= 15 is 0 Å². The molecule has 18 heavy (non-hydrogen) atoms. The van der Waals surface area contributed by atoms with Crippen molar-refractivity contribution in [2.45, 2.75) is 25.9 Å². The summed E-state index contributed by atoms with van der Waals surface area (Å²) in [5.74, 6) is 0. The normalized spacial score (nSPS) is 12.6. The van der Waals surface area contributed by atoms with Crippen LogP contribution in [-0.4, -0.2) is 15.0 Å². The van der Waals surface area contributed by atoms with Crippen molar-refractivity contribution < 1.29 is 0 Å². The van der Waals surface area contributed by atoms with Crippen molar-refractivity contribution in [3.05, 3.63) is 46.2 Å². The van der Waals surface area contributed by atoms with Gasteiger partial charge in [0.2, 0.25) is 0 Å². The van der Waals surface area contributed by atoms with Gasteiger partial charge in [0.05, 0.1) is 5.69 Å². The standard InChI is InChI=1S/C13H17BrN4/c1-3-13(10-4-6-11(14)7-5-10)15-8-12-9-18(2)17-16-12/h4-7,9,13,15H,3,8H2,1-2H3. The molecule has 2 rings (SSSR count). The van der Waals surface area contributed by atoms with E-state index in [9.17, 15) is 0 Å². The van der Waals surface area contributed by atoms with E-state index in [4.69, 9.17) is 0 Å². The van der Waals surface area contributed by atoms with Crippen LogP contribution in [0.5, 0.6) is 0 Å². The van der Waals surface area contributed by atoms with Crippen LogP contribution in [0.3, 0.4) is 0 Å². The van der Waals surface area contributed by atoms with Gasteiger partial charge in [-0.25, -0.2) is 0 Å². The molecule has 0 aliphatic heterocycles. The number of aromatic nitrogens is 3. The summed E-state index contributed by atoms with van der Waals surface area (Å²) < 4.78 is 2.83. The highest BCUT2D eigenvalue weighted by atomic mass is 79.9. The van der Waals surface area contributed by atoms with Crippen LogP contribution in [0, 0.1) is 0 Å². The van der Waals surface area contributed by atoms with Crippen molar-refractivity contribution in [2.75, 3.05) is 0 Å². The first kappa shape index (κ1) is 13.2. The molecule has 1 atom stereocenters. The predicted molar refractivity (Wildman–Crippen MR) is 75.0 cm³/mol. The molecule has 0 radical (unpaired) electrons. The minimum atomic E-state index is 0.347. The van der Waals surface area contributed by atoms with Crippen LogP contribution in [0.2, 0.25) is 0 Å². The molecule has 4 nitrogen and oxygen atoms in total. The van der Waals surface area contributed by atoms with E-state index in [-0.39, 0.29) is 0 Å². The first-order valence-corrected chi connectivity index (χ1v) is 6.82. The van der Waals surface area contributed by atoms with Crippen LogP contribution in [0.4, 0.5) is 0 Å². The lowest BCUT2D eigenvalue weighted by molar-refractivity contribution is 0.514. The predicted octanol–water partition coefficient (Wildman–Crippen LogP) is 2.82. The molecule has 2 aromatic rings. The third kappa shape index (κ3) is 3.40. The zero-order valence-electron chi connectivity index (χ0n) is 10.6. The quantitative estimate of drug-likeness (QED) is 0.923. The minimum Gasteiger partial charge on any atom is -0.304 e. The van der Waals surface area contributed by atoms with Crippen molar-refractivity contribution in [3.8, 4) is 0 Å². The molecular formula is C13H17BrN4. The van der Waals surface area contributed by atoms with Gasteiger partial charge in [0.25, 0.3) is 0 Å². The van der Waals surface area contributed by atoms with Crippen LogP contribution < -0.4 is 5.32 Å². The van der Waals surface area contributed by atoms with Gasteiger partial charge in [-0.05, 0) is 24.1 Å². The summed E-state index contributed by atoms with van der Waals surface area (Å²) in [5, 5.41) is 11.5. The van der Waals surface area contributed by atoms with E-state index < -0.39 is 0 Å². The molecule has 1 unspecified atom stereocenters. The number of nitrogens with one attached hydrogen (secondary N) is 1. The van der Waals surface area contributed by atoms with Gasteiger partial charge in [-0.3, -0.25) is 4.68 Å². The maximum Gasteiger partial charge on any atom is 0.0964 e. The number of hydrogen-bond acceptors (Lipinski definition) is 3. The third-order valence-electron chi connectivity index (χ3n) is 2.86. The molecule has 0 saturated heterocycles. The summed E-state index contributed by atoms with van der Waals surface area (Å²) in [6.45, 7) is 2.92. The number of aryl methyl sites for hydroxylation is 1. The number of halogens is 1. The van der Waals surface area contributed by atoms with E-state index in [2.05, 4.69) is 62.7 Å². The summed E-state index contributed by atoms with van der Waals surface area (Å²) in [6.07, 6.45) is 2.98. The van der Waals surface area contributed by atoms with Crippen LogP contribution >= 0.6 is 15.9 Å². The molecule has 0 aliphatic rings. The van der Waals surface area contributed by atoms with E-state index in [1.807, 2.05) is 13.2 Å². The second-order valence-electron chi connectivity index (χ2n) is 4.28.